The third-order valence-corrected chi connectivity index (χ3v) is 4.70. The van der Waals surface area contributed by atoms with Gasteiger partial charge < -0.3 is 11.1 Å². The van der Waals surface area contributed by atoms with Gasteiger partial charge >= 0.3 is 0 Å². The molecular weight excluding hydrogens is 268 g/mol. The van der Waals surface area contributed by atoms with Gasteiger partial charge in [0.2, 0.25) is 0 Å². The largest absolute Gasteiger partial charge is 0.397 e. The minimum Gasteiger partial charge on any atom is -0.397 e. The number of terminal acetylenes is 1. The molecule has 0 saturated heterocycles. The summed E-state index contributed by atoms with van der Waals surface area (Å²) < 4.78 is 1.07. The maximum Gasteiger partial charge on any atom is 0.263 e. The fourth-order valence-electron chi connectivity index (χ4n) is 2.14. The number of benzene rings is 1. The van der Waals surface area contributed by atoms with Crippen LogP contribution in [0.4, 0.5) is 5.69 Å². The van der Waals surface area contributed by atoms with E-state index in [1.807, 2.05) is 32.0 Å². The number of aryl methyl sites for hydroxylation is 1. The van der Waals surface area contributed by atoms with Crippen molar-refractivity contribution in [3.8, 4) is 12.3 Å². The Bertz CT molecular complexity index is 682. The predicted molar refractivity (Wildman–Crippen MR) is 86.0 cm³/mol. The molecule has 0 bridgehead atoms. The molecule has 20 heavy (non-hydrogen) atoms. The normalized spacial score (nSPS) is 12.1. The molecule has 1 unspecified atom stereocenters. The molecular formula is C16H18N2OS. The van der Waals surface area contributed by atoms with Crippen LogP contribution in [-0.4, -0.2) is 11.9 Å². The van der Waals surface area contributed by atoms with Crippen LogP contribution >= 0.6 is 11.3 Å². The Morgan fingerprint density at radius 2 is 2.30 bits per heavy atom. The number of fused-ring (bicyclic) bond motifs is 1. The van der Waals surface area contributed by atoms with Gasteiger partial charge in [0.15, 0.2) is 0 Å². The Morgan fingerprint density at radius 3 is 2.90 bits per heavy atom. The smallest absolute Gasteiger partial charge is 0.263 e. The summed E-state index contributed by atoms with van der Waals surface area (Å²) in [4.78, 5) is 12.9. The van der Waals surface area contributed by atoms with Crippen LogP contribution in [0.1, 0.15) is 35.0 Å². The third kappa shape index (κ3) is 2.63. The van der Waals surface area contributed by atoms with Crippen molar-refractivity contribution >= 4 is 33.0 Å². The Balaban J connectivity index is 2.33. The first kappa shape index (κ1) is 14.4. The standard InChI is InChI=1S/C16H18N2OS/c1-4-7-11(5-2)18-16(19)15-13(17)12-9-6-8-10(3)14(12)20-15/h1,6,8-9,11H,5,7,17H2,2-3H3,(H,18,19). The second-order valence-corrected chi connectivity index (χ2v) is 5.80. The first-order valence-corrected chi connectivity index (χ1v) is 7.42. The summed E-state index contributed by atoms with van der Waals surface area (Å²) in [7, 11) is 0. The highest BCUT2D eigenvalue weighted by Gasteiger charge is 2.19. The quantitative estimate of drug-likeness (QED) is 0.847. The number of hydrogen-bond donors (Lipinski definition) is 2. The molecule has 2 rings (SSSR count). The Labute approximate surface area is 123 Å². The van der Waals surface area contributed by atoms with E-state index in [4.69, 9.17) is 12.2 Å². The Hall–Kier alpha value is -1.99. The van der Waals surface area contributed by atoms with Gasteiger partial charge in [0.25, 0.3) is 5.91 Å². The highest BCUT2D eigenvalue weighted by Crippen LogP contribution is 2.35. The molecule has 104 valence electrons. The summed E-state index contributed by atoms with van der Waals surface area (Å²) in [6.45, 7) is 4.02. The van der Waals surface area contributed by atoms with E-state index in [9.17, 15) is 4.79 Å². The number of thiophene rings is 1. The number of nitrogen functional groups attached to an aromatic ring is 1. The zero-order valence-corrected chi connectivity index (χ0v) is 12.5. The van der Waals surface area contributed by atoms with Gasteiger partial charge in [0.1, 0.15) is 4.88 Å². The molecule has 0 aliphatic heterocycles. The highest BCUT2D eigenvalue weighted by molar-refractivity contribution is 7.21. The lowest BCUT2D eigenvalue weighted by molar-refractivity contribution is 0.0941. The molecule has 0 radical (unpaired) electrons. The van der Waals surface area contributed by atoms with Gasteiger partial charge in [-0.3, -0.25) is 4.79 Å². The lowest BCUT2D eigenvalue weighted by Gasteiger charge is -2.13. The zero-order valence-electron chi connectivity index (χ0n) is 11.7. The van der Waals surface area contributed by atoms with E-state index in [0.29, 0.717) is 17.0 Å². The fraction of sp³-hybridized carbons (Fsp3) is 0.312. The Morgan fingerprint density at radius 1 is 1.55 bits per heavy atom. The minimum atomic E-state index is -0.134. The van der Waals surface area contributed by atoms with Crippen LogP contribution in [0.2, 0.25) is 0 Å². The number of carbonyl (C=O) groups excluding carboxylic acids is 1. The van der Waals surface area contributed by atoms with E-state index in [-0.39, 0.29) is 11.9 Å². The van der Waals surface area contributed by atoms with Gasteiger partial charge in [0, 0.05) is 22.5 Å². The minimum absolute atomic E-state index is 0.00166. The van der Waals surface area contributed by atoms with Crippen molar-refractivity contribution in [2.75, 3.05) is 5.73 Å². The number of nitrogens with one attached hydrogen (secondary N) is 1. The monoisotopic (exact) mass is 286 g/mol. The average Bonchev–Trinajstić information content (AvgIpc) is 2.77. The molecule has 0 saturated carbocycles. The summed E-state index contributed by atoms with van der Waals surface area (Å²) in [5, 5.41) is 3.90. The zero-order chi connectivity index (χ0) is 14.7. The van der Waals surface area contributed by atoms with E-state index in [0.717, 1.165) is 22.1 Å². The van der Waals surface area contributed by atoms with Crippen molar-refractivity contribution in [3.05, 3.63) is 28.6 Å². The number of nitrogens with two attached hydrogens (primary N) is 1. The van der Waals surface area contributed by atoms with Crippen LogP contribution in [0.3, 0.4) is 0 Å². The fourth-order valence-corrected chi connectivity index (χ4v) is 3.23. The molecule has 0 aliphatic carbocycles. The van der Waals surface area contributed by atoms with E-state index in [1.165, 1.54) is 11.3 Å². The number of carbonyl (C=O) groups is 1. The first-order chi connectivity index (χ1) is 9.58. The SMILES string of the molecule is C#CCC(CC)NC(=O)c1sc2c(C)cccc2c1N. The maximum absolute atomic E-state index is 12.3. The molecule has 3 N–H and O–H groups in total. The van der Waals surface area contributed by atoms with E-state index >= 15 is 0 Å². The molecule has 4 heteroatoms. The summed E-state index contributed by atoms with van der Waals surface area (Å²) in [5.41, 5.74) is 7.80. The molecule has 1 heterocycles. The molecule has 1 aromatic heterocycles. The van der Waals surface area contributed by atoms with Crippen LogP contribution in [0.15, 0.2) is 18.2 Å². The van der Waals surface area contributed by atoms with Crippen molar-refractivity contribution in [2.45, 2.75) is 32.7 Å². The van der Waals surface area contributed by atoms with Gasteiger partial charge in [-0.1, -0.05) is 25.1 Å². The second-order valence-electron chi connectivity index (χ2n) is 4.78. The summed E-state index contributed by atoms with van der Waals surface area (Å²) in [6, 6.07) is 5.92. The Kier molecular flexibility index (Phi) is 4.31. The average molecular weight is 286 g/mol. The topological polar surface area (TPSA) is 55.1 Å². The van der Waals surface area contributed by atoms with Crippen LogP contribution < -0.4 is 11.1 Å². The van der Waals surface area contributed by atoms with E-state index in [2.05, 4.69) is 11.2 Å². The van der Waals surface area contributed by atoms with Crippen molar-refractivity contribution in [3.63, 3.8) is 0 Å². The molecule has 1 amide bonds. The second kappa shape index (κ2) is 5.98. The van der Waals surface area contributed by atoms with E-state index in [1.54, 1.807) is 0 Å². The van der Waals surface area contributed by atoms with Gasteiger partial charge in [-0.15, -0.1) is 23.7 Å². The van der Waals surface area contributed by atoms with Crippen LogP contribution in [0.25, 0.3) is 10.1 Å². The number of hydrogen-bond acceptors (Lipinski definition) is 3. The van der Waals surface area contributed by atoms with Crippen molar-refractivity contribution in [1.29, 1.82) is 0 Å². The van der Waals surface area contributed by atoms with Crippen LogP contribution in [-0.2, 0) is 0 Å². The molecule has 1 aromatic carbocycles. The first-order valence-electron chi connectivity index (χ1n) is 6.60. The number of amides is 1. The molecule has 0 spiro atoms. The number of rotatable bonds is 4. The maximum atomic E-state index is 12.3. The molecule has 0 fully saturated rings. The van der Waals surface area contributed by atoms with Gasteiger partial charge in [-0.25, -0.2) is 0 Å². The lowest BCUT2D eigenvalue weighted by atomic mass is 10.1. The van der Waals surface area contributed by atoms with Crippen LogP contribution in [0, 0.1) is 19.3 Å². The number of anilines is 1. The molecule has 1 atom stereocenters. The van der Waals surface area contributed by atoms with E-state index < -0.39 is 0 Å². The van der Waals surface area contributed by atoms with Gasteiger partial charge in [-0.2, -0.15) is 0 Å². The van der Waals surface area contributed by atoms with Gasteiger partial charge in [0.05, 0.1) is 5.69 Å². The molecule has 2 aromatic rings. The summed E-state index contributed by atoms with van der Waals surface area (Å²) in [5.74, 6) is 2.45. The molecule has 3 nitrogen and oxygen atoms in total. The highest BCUT2D eigenvalue weighted by atomic mass is 32.1. The molecule has 0 aliphatic rings. The summed E-state index contributed by atoms with van der Waals surface area (Å²) in [6.07, 6.45) is 6.65. The van der Waals surface area contributed by atoms with Crippen molar-refractivity contribution in [2.24, 2.45) is 0 Å². The third-order valence-electron chi connectivity index (χ3n) is 3.35. The van der Waals surface area contributed by atoms with Crippen LogP contribution in [0.5, 0.6) is 0 Å². The van der Waals surface area contributed by atoms with Crippen molar-refractivity contribution < 1.29 is 4.79 Å². The van der Waals surface area contributed by atoms with Gasteiger partial charge in [-0.05, 0) is 18.9 Å². The predicted octanol–water partition coefficient (Wildman–Crippen LogP) is 3.32. The summed E-state index contributed by atoms with van der Waals surface area (Å²) >= 11 is 1.44. The van der Waals surface area contributed by atoms with Crippen molar-refractivity contribution in [1.82, 2.24) is 5.32 Å². The lowest BCUT2D eigenvalue weighted by Crippen LogP contribution is -2.33.